The van der Waals surface area contributed by atoms with Gasteiger partial charge in [-0.2, -0.15) is 0 Å². The van der Waals surface area contributed by atoms with Crippen LogP contribution in [0.5, 0.6) is 11.5 Å². The van der Waals surface area contributed by atoms with E-state index in [0.717, 1.165) is 11.3 Å². The number of aromatic nitrogens is 3. The lowest BCUT2D eigenvalue weighted by molar-refractivity contribution is 0.102. The Morgan fingerprint density at radius 3 is 2.39 bits per heavy atom. The molecule has 0 saturated heterocycles. The molecular weight excluding hydrogens is 410 g/mol. The van der Waals surface area contributed by atoms with Crippen molar-refractivity contribution in [1.82, 2.24) is 14.8 Å². The summed E-state index contributed by atoms with van der Waals surface area (Å²) in [6.45, 7) is 2.02. The summed E-state index contributed by atoms with van der Waals surface area (Å²) in [6, 6.07) is 22.0. The predicted octanol–water partition coefficient (Wildman–Crippen LogP) is 4.93. The highest BCUT2D eigenvalue weighted by Gasteiger charge is 2.19. The predicted molar refractivity (Wildman–Crippen MR) is 121 cm³/mol. The lowest BCUT2D eigenvalue weighted by atomic mass is 10.1. The Morgan fingerprint density at radius 1 is 1.00 bits per heavy atom. The van der Waals surface area contributed by atoms with E-state index in [9.17, 15) is 9.90 Å². The zero-order valence-electron chi connectivity index (χ0n) is 17.1. The van der Waals surface area contributed by atoms with Gasteiger partial charge in [0.1, 0.15) is 11.5 Å². The number of phenols is 1. The molecule has 3 aromatic carbocycles. The van der Waals surface area contributed by atoms with Gasteiger partial charge in [-0.25, -0.2) is 0 Å². The van der Waals surface area contributed by atoms with Crippen molar-refractivity contribution in [3.63, 3.8) is 0 Å². The largest absolute Gasteiger partial charge is 0.507 e. The monoisotopic (exact) mass is 431 g/mol. The second-order valence-electron chi connectivity index (χ2n) is 6.93. The number of hydrogen-bond donors (Lipinski definition) is 1. The van der Waals surface area contributed by atoms with Gasteiger partial charge in [0.2, 0.25) is 0 Å². The Balaban J connectivity index is 1.66. The van der Waals surface area contributed by atoms with Crippen LogP contribution in [-0.4, -0.2) is 38.5 Å². The summed E-state index contributed by atoms with van der Waals surface area (Å²) in [6.07, 6.45) is 0. The van der Waals surface area contributed by atoms with Crippen molar-refractivity contribution in [2.75, 3.05) is 12.9 Å². The van der Waals surface area contributed by atoms with Crippen LogP contribution in [0.1, 0.15) is 15.9 Å². The number of ketones is 1. The maximum Gasteiger partial charge on any atom is 0.196 e. The molecule has 1 aromatic heterocycles. The van der Waals surface area contributed by atoms with Crippen LogP contribution >= 0.6 is 11.8 Å². The van der Waals surface area contributed by atoms with Crippen molar-refractivity contribution in [3.05, 3.63) is 83.9 Å². The molecule has 0 atom stereocenters. The number of ether oxygens (including phenoxy) is 1. The fraction of sp³-hybridized carbons (Fsp3) is 0.125. The highest BCUT2D eigenvalue weighted by molar-refractivity contribution is 7.99. The molecule has 0 amide bonds. The SMILES string of the molecule is COc1ccc(C(=O)CSc2nnc(-c3ccccc3O)n2-c2ccc(C)cc2)cc1. The fourth-order valence-electron chi connectivity index (χ4n) is 3.12. The average Bonchev–Trinajstić information content (AvgIpc) is 3.22. The van der Waals surface area contributed by atoms with Crippen LogP contribution < -0.4 is 4.74 Å². The minimum atomic E-state index is -0.0183. The number of nitrogens with zero attached hydrogens (tertiary/aromatic N) is 3. The highest BCUT2D eigenvalue weighted by Crippen LogP contribution is 2.33. The molecule has 0 aliphatic rings. The third-order valence-corrected chi connectivity index (χ3v) is 5.74. The van der Waals surface area contributed by atoms with Gasteiger partial charge in [0, 0.05) is 11.3 Å². The molecule has 6 nitrogen and oxygen atoms in total. The number of carbonyl (C=O) groups excluding carboxylic acids is 1. The summed E-state index contributed by atoms with van der Waals surface area (Å²) in [5.41, 5.74) is 3.16. The number of rotatable bonds is 7. The van der Waals surface area contributed by atoms with E-state index < -0.39 is 0 Å². The number of carbonyl (C=O) groups is 1. The van der Waals surface area contributed by atoms with Gasteiger partial charge in [-0.1, -0.05) is 41.6 Å². The van der Waals surface area contributed by atoms with Crippen LogP contribution in [0.3, 0.4) is 0 Å². The van der Waals surface area contributed by atoms with E-state index in [4.69, 9.17) is 4.74 Å². The van der Waals surface area contributed by atoms with E-state index in [0.29, 0.717) is 27.9 Å². The maximum absolute atomic E-state index is 12.7. The van der Waals surface area contributed by atoms with E-state index in [2.05, 4.69) is 10.2 Å². The number of aromatic hydroxyl groups is 1. The third-order valence-electron chi connectivity index (χ3n) is 4.81. The van der Waals surface area contributed by atoms with E-state index >= 15 is 0 Å². The first-order valence-electron chi connectivity index (χ1n) is 9.67. The molecule has 0 radical (unpaired) electrons. The molecular formula is C24H21N3O3S. The number of hydrogen-bond acceptors (Lipinski definition) is 6. The summed E-state index contributed by atoms with van der Waals surface area (Å²) in [5.74, 6) is 1.53. The van der Waals surface area contributed by atoms with E-state index in [1.807, 2.05) is 41.8 Å². The molecule has 0 unspecified atom stereocenters. The molecule has 4 rings (SSSR count). The Labute approximate surface area is 184 Å². The molecule has 0 aliphatic heterocycles. The van der Waals surface area contributed by atoms with Crippen LogP contribution in [0.25, 0.3) is 17.1 Å². The summed E-state index contributed by atoms with van der Waals surface area (Å²) in [7, 11) is 1.59. The minimum absolute atomic E-state index is 0.0183. The van der Waals surface area contributed by atoms with E-state index in [-0.39, 0.29) is 17.3 Å². The van der Waals surface area contributed by atoms with E-state index in [1.165, 1.54) is 11.8 Å². The van der Waals surface area contributed by atoms with Crippen LogP contribution in [0.2, 0.25) is 0 Å². The van der Waals surface area contributed by atoms with Crippen molar-refractivity contribution in [2.24, 2.45) is 0 Å². The fourth-order valence-corrected chi connectivity index (χ4v) is 3.96. The second-order valence-corrected chi connectivity index (χ2v) is 7.88. The van der Waals surface area contributed by atoms with Crippen LogP contribution in [-0.2, 0) is 0 Å². The smallest absolute Gasteiger partial charge is 0.196 e. The van der Waals surface area contributed by atoms with Gasteiger partial charge in [0.05, 0.1) is 18.4 Å². The number of para-hydroxylation sites is 1. The molecule has 0 spiro atoms. The molecule has 0 aliphatic carbocycles. The van der Waals surface area contributed by atoms with Gasteiger partial charge >= 0.3 is 0 Å². The molecule has 31 heavy (non-hydrogen) atoms. The Hall–Kier alpha value is -3.58. The first-order valence-corrected chi connectivity index (χ1v) is 10.7. The Kier molecular flexibility index (Phi) is 6.04. The first-order chi connectivity index (χ1) is 15.1. The molecule has 0 fully saturated rings. The third kappa shape index (κ3) is 4.46. The second kappa shape index (κ2) is 9.06. The minimum Gasteiger partial charge on any atom is -0.507 e. The molecule has 0 saturated carbocycles. The Bertz CT molecular complexity index is 1200. The molecule has 0 bridgehead atoms. The number of thioether (sulfide) groups is 1. The number of Topliss-reactive ketones (excluding diaryl/α,β-unsaturated/α-hetero) is 1. The van der Waals surface area contributed by atoms with Gasteiger partial charge in [0.25, 0.3) is 0 Å². The van der Waals surface area contributed by atoms with Crippen molar-refractivity contribution in [3.8, 4) is 28.6 Å². The lowest BCUT2D eigenvalue weighted by Gasteiger charge is -2.11. The molecule has 1 heterocycles. The molecule has 156 valence electrons. The number of aryl methyl sites for hydroxylation is 1. The summed E-state index contributed by atoms with van der Waals surface area (Å²) in [4.78, 5) is 12.7. The van der Waals surface area contributed by atoms with E-state index in [1.54, 1.807) is 49.6 Å². The molecule has 4 aromatic rings. The lowest BCUT2D eigenvalue weighted by Crippen LogP contribution is -2.05. The van der Waals surface area contributed by atoms with Gasteiger partial charge in [-0.3, -0.25) is 9.36 Å². The van der Waals surface area contributed by atoms with Crippen LogP contribution in [0.15, 0.2) is 78.0 Å². The normalized spacial score (nSPS) is 10.8. The van der Waals surface area contributed by atoms with Crippen molar-refractivity contribution >= 4 is 17.5 Å². The Morgan fingerprint density at radius 2 is 1.71 bits per heavy atom. The average molecular weight is 432 g/mol. The van der Waals surface area contributed by atoms with Gasteiger partial charge in [-0.05, 0) is 55.5 Å². The summed E-state index contributed by atoms with van der Waals surface area (Å²) < 4.78 is 7.01. The number of benzene rings is 3. The van der Waals surface area contributed by atoms with Gasteiger partial charge < -0.3 is 9.84 Å². The van der Waals surface area contributed by atoms with Crippen LogP contribution in [0.4, 0.5) is 0 Å². The standard InChI is InChI=1S/C24H21N3O3S/c1-16-7-11-18(12-8-16)27-23(20-5-3-4-6-21(20)28)25-26-24(27)31-15-22(29)17-9-13-19(30-2)14-10-17/h3-14,28H,15H2,1-2H3. The topological polar surface area (TPSA) is 77.2 Å². The van der Waals surface area contributed by atoms with Crippen molar-refractivity contribution < 1.29 is 14.6 Å². The number of phenolic OH excluding ortho intramolecular Hbond substituents is 1. The zero-order chi connectivity index (χ0) is 21.8. The zero-order valence-corrected chi connectivity index (χ0v) is 18.0. The summed E-state index contributed by atoms with van der Waals surface area (Å²) in [5, 5.41) is 19.6. The van der Waals surface area contributed by atoms with Crippen molar-refractivity contribution in [1.29, 1.82) is 0 Å². The number of methoxy groups -OCH3 is 1. The molecule has 7 heteroatoms. The van der Waals surface area contributed by atoms with Crippen molar-refractivity contribution in [2.45, 2.75) is 12.1 Å². The van der Waals surface area contributed by atoms with Gasteiger partial charge in [0.15, 0.2) is 16.8 Å². The highest BCUT2D eigenvalue weighted by atomic mass is 32.2. The van der Waals surface area contributed by atoms with Crippen LogP contribution in [0, 0.1) is 6.92 Å². The van der Waals surface area contributed by atoms with Gasteiger partial charge in [-0.15, -0.1) is 10.2 Å². The molecule has 1 N–H and O–H groups in total. The quantitative estimate of drug-likeness (QED) is 0.330. The maximum atomic E-state index is 12.7. The first kappa shape index (κ1) is 20.7. The summed E-state index contributed by atoms with van der Waals surface area (Å²) >= 11 is 1.31.